The second kappa shape index (κ2) is 9.47. The lowest BCUT2D eigenvalue weighted by Gasteiger charge is -2.06. The summed E-state index contributed by atoms with van der Waals surface area (Å²) in [7, 11) is 0. The molecular weight excluding hydrogens is 318 g/mol. The zero-order valence-corrected chi connectivity index (χ0v) is 14.4. The molecule has 2 aromatic rings. The lowest BCUT2D eigenvalue weighted by molar-refractivity contribution is -0.134. The molecule has 0 amide bonds. The first-order valence-electron chi connectivity index (χ1n) is 8.34. The van der Waals surface area contributed by atoms with Crippen molar-refractivity contribution in [2.75, 3.05) is 12.3 Å². The summed E-state index contributed by atoms with van der Waals surface area (Å²) in [6.45, 7) is 2.31. The highest BCUT2D eigenvalue weighted by Gasteiger charge is 2.07. The van der Waals surface area contributed by atoms with E-state index in [4.69, 9.17) is 15.2 Å². The molecule has 0 bridgehead atoms. The Bertz CT molecular complexity index is 693. The van der Waals surface area contributed by atoms with Crippen LogP contribution in [0.15, 0.2) is 48.5 Å². The quantitative estimate of drug-likeness (QED) is 0.341. The van der Waals surface area contributed by atoms with E-state index in [2.05, 4.69) is 0 Å². The molecule has 132 valence electrons. The van der Waals surface area contributed by atoms with Crippen LogP contribution in [0.4, 0.5) is 5.69 Å². The molecule has 5 heteroatoms. The van der Waals surface area contributed by atoms with Crippen molar-refractivity contribution in [3.05, 3.63) is 59.7 Å². The minimum Gasteiger partial charge on any atom is -0.462 e. The zero-order valence-electron chi connectivity index (χ0n) is 14.4. The van der Waals surface area contributed by atoms with Crippen molar-refractivity contribution in [2.45, 2.75) is 32.6 Å². The first kappa shape index (κ1) is 18.5. The molecule has 0 aromatic heterocycles. The second-order valence-electron chi connectivity index (χ2n) is 5.86. The summed E-state index contributed by atoms with van der Waals surface area (Å²) in [5.74, 6) is -0.101. The van der Waals surface area contributed by atoms with Gasteiger partial charge in [-0.05, 0) is 62.6 Å². The van der Waals surface area contributed by atoms with Gasteiger partial charge in [-0.15, -0.1) is 0 Å². The highest BCUT2D eigenvalue weighted by molar-refractivity contribution is 5.89. The summed E-state index contributed by atoms with van der Waals surface area (Å²) in [6.07, 6.45) is 2.52. The van der Waals surface area contributed by atoms with E-state index in [1.54, 1.807) is 36.4 Å². The van der Waals surface area contributed by atoms with Crippen LogP contribution in [0.1, 0.15) is 41.6 Å². The molecule has 2 N–H and O–H groups in total. The van der Waals surface area contributed by atoms with Crippen LogP contribution in [0.5, 0.6) is 5.75 Å². The van der Waals surface area contributed by atoms with E-state index in [-0.39, 0.29) is 11.9 Å². The molecule has 0 aliphatic carbocycles. The fraction of sp³-hybridized carbons (Fsp3) is 0.300. The molecule has 0 fully saturated rings. The standard InChI is InChI=1S/C20H23NO4/c1-15-6-8-16(9-7-15)20(23)24-14-4-2-3-5-19(22)25-18-12-10-17(21)11-13-18/h6-13H,2-5,14,21H2,1H3. The maximum absolute atomic E-state index is 11.8. The largest absolute Gasteiger partial charge is 0.462 e. The highest BCUT2D eigenvalue weighted by atomic mass is 16.5. The number of ether oxygens (including phenoxy) is 2. The van der Waals surface area contributed by atoms with Gasteiger partial charge in [0, 0.05) is 12.1 Å². The predicted molar refractivity (Wildman–Crippen MR) is 96.4 cm³/mol. The average molecular weight is 341 g/mol. The smallest absolute Gasteiger partial charge is 0.338 e. The SMILES string of the molecule is Cc1ccc(C(=O)OCCCCCC(=O)Oc2ccc(N)cc2)cc1. The molecule has 0 spiro atoms. The van der Waals surface area contributed by atoms with Gasteiger partial charge >= 0.3 is 11.9 Å². The Balaban J connectivity index is 1.57. The number of nitrogens with two attached hydrogens (primary N) is 1. The zero-order chi connectivity index (χ0) is 18.1. The minimum absolute atomic E-state index is 0.276. The van der Waals surface area contributed by atoms with Crippen LogP contribution in [0, 0.1) is 6.92 Å². The first-order chi connectivity index (χ1) is 12.0. The van der Waals surface area contributed by atoms with Crippen LogP contribution in [-0.4, -0.2) is 18.5 Å². The van der Waals surface area contributed by atoms with E-state index in [0.717, 1.165) is 12.0 Å². The first-order valence-corrected chi connectivity index (χ1v) is 8.34. The third-order valence-electron chi connectivity index (χ3n) is 3.66. The Hall–Kier alpha value is -2.82. The van der Waals surface area contributed by atoms with Gasteiger partial charge in [0.2, 0.25) is 0 Å². The van der Waals surface area contributed by atoms with Gasteiger partial charge in [0.15, 0.2) is 0 Å². The normalized spacial score (nSPS) is 10.3. The van der Waals surface area contributed by atoms with Crippen molar-refractivity contribution in [1.29, 1.82) is 0 Å². The number of esters is 2. The topological polar surface area (TPSA) is 78.6 Å². The average Bonchev–Trinajstić information content (AvgIpc) is 2.60. The summed E-state index contributed by atoms with van der Waals surface area (Å²) >= 11 is 0. The maximum Gasteiger partial charge on any atom is 0.338 e. The monoisotopic (exact) mass is 341 g/mol. The van der Waals surface area contributed by atoms with Crippen molar-refractivity contribution in [2.24, 2.45) is 0 Å². The lowest BCUT2D eigenvalue weighted by atomic mass is 10.1. The summed E-state index contributed by atoms with van der Waals surface area (Å²) in [5.41, 5.74) is 7.85. The van der Waals surface area contributed by atoms with Gasteiger partial charge in [-0.1, -0.05) is 17.7 Å². The molecule has 2 aromatic carbocycles. The Morgan fingerprint density at radius 1 is 0.920 bits per heavy atom. The van der Waals surface area contributed by atoms with Gasteiger partial charge in [0.1, 0.15) is 5.75 Å². The molecule has 0 aliphatic rings. The number of carbonyl (C=O) groups is 2. The summed E-state index contributed by atoms with van der Waals surface area (Å²) in [6, 6.07) is 14.0. The van der Waals surface area contributed by atoms with Gasteiger partial charge in [0.05, 0.1) is 12.2 Å². The second-order valence-corrected chi connectivity index (χ2v) is 5.86. The van der Waals surface area contributed by atoms with Crippen molar-refractivity contribution >= 4 is 17.6 Å². The molecule has 5 nitrogen and oxygen atoms in total. The number of nitrogen functional groups attached to an aromatic ring is 1. The number of aryl methyl sites for hydroxylation is 1. The van der Waals surface area contributed by atoms with Gasteiger partial charge < -0.3 is 15.2 Å². The third kappa shape index (κ3) is 6.67. The van der Waals surface area contributed by atoms with Crippen LogP contribution in [-0.2, 0) is 9.53 Å². The van der Waals surface area contributed by atoms with Gasteiger partial charge in [-0.3, -0.25) is 4.79 Å². The number of unbranched alkanes of at least 4 members (excludes halogenated alkanes) is 2. The van der Waals surface area contributed by atoms with Crippen LogP contribution < -0.4 is 10.5 Å². The van der Waals surface area contributed by atoms with Crippen molar-refractivity contribution < 1.29 is 19.1 Å². The molecular formula is C20H23NO4. The van der Waals surface area contributed by atoms with Crippen molar-refractivity contribution in [3.63, 3.8) is 0 Å². The number of hydrogen-bond acceptors (Lipinski definition) is 5. The Morgan fingerprint density at radius 2 is 1.60 bits per heavy atom. The van der Waals surface area contributed by atoms with Crippen LogP contribution in [0.25, 0.3) is 0 Å². The summed E-state index contributed by atoms with van der Waals surface area (Å²) in [4.78, 5) is 23.5. The van der Waals surface area contributed by atoms with Gasteiger partial charge in [0.25, 0.3) is 0 Å². The molecule has 0 atom stereocenters. The van der Waals surface area contributed by atoms with Crippen LogP contribution >= 0.6 is 0 Å². The molecule has 2 rings (SSSR count). The van der Waals surface area contributed by atoms with E-state index < -0.39 is 0 Å². The Morgan fingerprint density at radius 3 is 2.28 bits per heavy atom. The number of rotatable bonds is 8. The number of hydrogen-bond donors (Lipinski definition) is 1. The van der Waals surface area contributed by atoms with E-state index in [1.165, 1.54) is 0 Å². The van der Waals surface area contributed by atoms with E-state index in [1.807, 2.05) is 19.1 Å². The van der Waals surface area contributed by atoms with Crippen molar-refractivity contribution in [3.8, 4) is 5.75 Å². The predicted octanol–water partition coefficient (Wildman–Crippen LogP) is 3.90. The maximum atomic E-state index is 11.8. The molecule has 25 heavy (non-hydrogen) atoms. The molecule has 0 unspecified atom stereocenters. The van der Waals surface area contributed by atoms with Crippen LogP contribution in [0.3, 0.4) is 0 Å². The molecule has 0 saturated heterocycles. The summed E-state index contributed by atoms with van der Waals surface area (Å²) in [5, 5.41) is 0. The van der Waals surface area contributed by atoms with E-state index in [0.29, 0.717) is 42.9 Å². The lowest BCUT2D eigenvalue weighted by Crippen LogP contribution is -2.08. The molecule has 0 radical (unpaired) electrons. The highest BCUT2D eigenvalue weighted by Crippen LogP contribution is 2.14. The van der Waals surface area contributed by atoms with E-state index >= 15 is 0 Å². The van der Waals surface area contributed by atoms with Gasteiger partial charge in [-0.2, -0.15) is 0 Å². The fourth-order valence-corrected chi connectivity index (χ4v) is 2.20. The van der Waals surface area contributed by atoms with Crippen LogP contribution in [0.2, 0.25) is 0 Å². The molecule has 0 aliphatic heterocycles. The fourth-order valence-electron chi connectivity index (χ4n) is 2.20. The molecule has 0 saturated carbocycles. The third-order valence-corrected chi connectivity index (χ3v) is 3.66. The number of anilines is 1. The number of carbonyl (C=O) groups excluding carboxylic acids is 2. The van der Waals surface area contributed by atoms with E-state index in [9.17, 15) is 9.59 Å². The summed E-state index contributed by atoms with van der Waals surface area (Å²) < 4.78 is 10.4. The van der Waals surface area contributed by atoms with Crippen molar-refractivity contribution in [1.82, 2.24) is 0 Å². The number of benzene rings is 2. The molecule has 0 heterocycles. The minimum atomic E-state index is -0.317. The van der Waals surface area contributed by atoms with Gasteiger partial charge in [-0.25, -0.2) is 4.79 Å². The Kier molecular flexibility index (Phi) is 7.01. The Labute approximate surface area is 147 Å².